The lowest BCUT2D eigenvalue weighted by Gasteiger charge is -2.25. The molecule has 1 aliphatic rings. The van der Waals surface area contributed by atoms with Crippen molar-refractivity contribution in [2.45, 2.75) is 89.3 Å². The van der Waals surface area contributed by atoms with Crippen LogP contribution in [0.4, 0.5) is 9.18 Å². The standard InChI is InChI=1S/C35H49FN4O7/c1-3-4-5-6-7-8-9-10-11-12-13-14-15-16-17-18-19-20-21-22-29(41)37-24-26-39(34(45)46)27-28-31(43)35(2,36)32(47-28)40-25-23-30(42)38-33(40)44/h4-5,7-8,10-11,13-14,16-17,19-20,23,25,28,31-32,43H,3,6,9,12,15,18,21-22,24,26-27H2,1-2H3,(H,37,41)(H,45,46)(H,38,42,44)/t28-,31-,32-,35-/m1/s1. The van der Waals surface area contributed by atoms with Gasteiger partial charge in [0.25, 0.3) is 5.56 Å². The van der Waals surface area contributed by atoms with E-state index in [2.05, 4.69) is 73.0 Å². The van der Waals surface area contributed by atoms with Gasteiger partial charge in [0.15, 0.2) is 11.9 Å². The van der Waals surface area contributed by atoms with E-state index in [1.54, 1.807) is 0 Å². The molecule has 1 aliphatic heterocycles. The summed E-state index contributed by atoms with van der Waals surface area (Å²) in [5, 5.41) is 22.8. The van der Waals surface area contributed by atoms with Gasteiger partial charge in [-0.15, -0.1) is 0 Å². The summed E-state index contributed by atoms with van der Waals surface area (Å²) in [7, 11) is 0. The van der Waals surface area contributed by atoms with Crippen LogP contribution in [0.5, 0.6) is 0 Å². The molecule has 47 heavy (non-hydrogen) atoms. The average Bonchev–Trinajstić information content (AvgIpc) is 3.24. The maximum atomic E-state index is 15.4. The summed E-state index contributed by atoms with van der Waals surface area (Å²) in [6.45, 7) is 2.64. The summed E-state index contributed by atoms with van der Waals surface area (Å²) in [4.78, 5) is 50.4. The number of amides is 2. The molecule has 12 heteroatoms. The van der Waals surface area contributed by atoms with Gasteiger partial charge in [0.1, 0.15) is 12.2 Å². The van der Waals surface area contributed by atoms with E-state index >= 15 is 4.39 Å². The second-order valence-electron chi connectivity index (χ2n) is 11.2. The summed E-state index contributed by atoms with van der Waals surface area (Å²) < 4.78 is 21.7. The Morgan fingerprint density at radius 2 is 1.51 bits per heavy atom. The lowest BCUT2D eigenvalue weighted by atomic mass is 9.98. The minimum absolute atomic E-state index is 0.00734. The van der Waals surface area contributed by atoms with Crippen LogP contribution >= 0.6 is 0 Å². The number of hydrogen-bond acceptors (Lipinski definition) is 6. The first-order chi connectivity index (χ1) is 22.6. The molecular weight excluding hydrogens is 607 g/mol. The van der Waals surface area contributed by atoms with Crippen molar-refractivity contribution in [3.8, 4) is 0 Å². The van der Waals surface area contributed by atoms with Crippen LogP contribution < -0.4 is 16.6 Å². The van der Waals surface area contributed by atoms with Crippen molar-refractivity contribution in [1.29, 1.82) is 0 Å². The topological polar surface area (TPSA) is 154 Å². The van der Waals surface area contributed by atoms with Gasteiger partial charge >= 0.3 is 11.8 Å². The molecule has 1 aromatic rings. The molecule has 0 aliphatic carbocycles. The van der Waals surface area contributed by atoms with Crippen molar-refractivity contribution >= 4 is 12.0 Å². The first-order valence-electron chi connectivity index (χ1n) is 16.1. The van der Waals surface area contributed by atoms with Crippen LogP contribution in [0, 0.1) is 0 Å². The van der Waals surface area contributed by atoms with Crippen LogP contribution in [0.2, 0.25) is 0 Å². The number of aliphatic hydroxyl groups excluding tert-OH is 1. The first kappa shape index (κ1) is 38.9. The lowest BCUT2D eigenvalue weighted by Crippen LogP contribution is -2.47. The summed E-state index contributed by atoms with van der Waals surface area (Å²) in [5.74, 6) is -0.249. The Bertz CT molecular complexity index is 1410. The van der Waals surface area contributed by atoms with Crippen LogP contribution in [0.1, 0.15) is 71.4 Å². The zero-order valence-corrected chi connectivity index (χ0v) is 27.3. The van der Waals surface area contributed by atoms with Gasteiger partial charge in [-0.1, -0.05) is 79.8 Å². The van der Waals surface area contributed by atoms with Crippen LogP contribution in [-0.2, 0) is 9.53 Å². The molecule has 4 atom stereocenters. The van der Waals surface area contributed by atoms with E-state index in [1.807, 2.05) is 17.1 Å². The number of carboxylic acid groups (broad SMARTS) is 1. The normalized spacial score (nSPS) is 21.8. The van der Waals surface area contributed by atoms with Gasteiger partial charge in [-0.25, -0.2) is 14.0 Å². The van der Waals surface area contributed by atoms with E-state index in [-0.39, 0.29) is 25.4 Å². The Morgan fingerprint density at radius 3 is 2.02 bits per heavy atom. The zero-order chi connectivity index (χ0) is 34.5. The van der Waals surface area contributed by atoms with Gasteiger partial charge in [0, 0.05) is 31.8 Å². The molecular formula is C35H49FN4O7. The minimum atomic E-state index is -2.45. The molecule has 0 aromatic carbocycles. The van der Waals surface area contributed by atoms with Gasteiger partial charge in [0.2, 0.25) is 5.91 Å². The number of aromatic amines is 1. The van der Waals surface area contributed by atoms with Crippen LogP contribution in [0.3, 0.4) is 0 Å². The molecule has 0 spiro atoms. The molecule has 2 amide bonds. The Balaban J connectivity index is 1.63. The predicted molar refractivity (Wildman–Crippen MR) is 181 cm³/mol. The van der Waals surface area contributed by atoms with Crippen molar-refractivity contribution in [2.75, 3.05) is 19.6 Å². The maximum absolute atomic E-state index is 15.4. The molecule has 4 N–H and O–H groups in total. The molecule has 1 saturated heterocycles. The van der Waals surface area contributed by atoms with Crippen molar-refractivity contribution in [3.05, 3.63) is 106 Å². The first-order valence-corrected chi connectivity index (χ1v) is 16.1. The fourth-order valence-electron chi connectivity index (χ4n) is 4.73. The number of H-pyrrole nitrogens is 1. The third-order valence-corrected chi connectivity index (χ3v) is 7.33. The quantitative estimate of drug-likeness (QED) is 0.143. The van der Waals surface area contributed by atoms with Gasteiger partial charge < -0.3 is 25.2 Å². The minimum Gasteiger partial charge on any atom is -0.465 e. The number of hydrogen-bond donors (Lipinski definition) is 4. The van der Waals surface area contributed by atoms with Crippen molar-refractivity contribution in [2.24, 2.45) is 0 Å². The summed E-state index contributed by atoms with van der Waals surface area (Å²) in [6.07, 6.45) is 26.7. The second kappa shape index (κ2) is 21.5. The van der Waals surface area contributed by atoms with Crippen LogP contribution in [0.15, 0.2) is 94.8 Å². The van der Waals surface area contributed by atoms with E-state index in [1.165, 1.54) is 0 Å². The SMILES string of the molecule is CCC=CCC=CCC=CCC=CCC=CCC=CCCC(=O)NCCN(C[C@H]1O[C@@H](n2ccc(=O)[nH]c2=O)[C@](C)(F)[C@@H]1O)C(=O)O. The summed E-state index contributed by atoms with van der Waals surface area (Å²) in [5.41, 5.74) is -4.06. The highest BCUT2D eigenvalue weighted by atomic mass is 19.1. The Hall–Kier alpha value is -4.29. The third-order valence-electron chi connectivity index (χ3n) is 7.33. The average molecular weight is 657 g/mol. The maximum Gasteiger partial charge on any atom is 0.407 e. The molecule has 0 radical (unpaired) electrons. The molecule has 0 unspecified atom stereocenters. The number of aromatic nitrogens is 2. The highest BCUT2D eigenvalue weighted by molar-refractivity contribution is 5.76. The number of halogens is 1. The van der Waals surface area contributed by atoms with Crippen molar-refractivity contribution in [1.82, 2.24) is 19.8 Å². The van der Waals surface area contributed by atoms with Crippen LogP contribution in [0.25, 0.3) is 0 Å². The molecule has 1 aromatic heterocycles. The van der Waals surface area contributed by atoms with Gasteiger partial charge in [-0.3, -0.25) is 19.1 Å². The number of carbonyl (C=O) groups is 2. The van der Waals surface area contributed by atoms with E-state index < -0.39 is 48.0 Å². The number of aliphatic hydroxyl groups is 1. The summed E-state index contributed by atoms with van der Waals surface area (Å²) in [6, 6.07) is 1.01. The number of nitrogens with one attached hydrogen (secondary N) is 2. The molecule has 0 saturated carbocycles. The molecule has 0 bridgehead atoms. The molecule has 11 nitrogen and oxygen atoms in total. The Morgan fingerprint density at radius 1 is 0.979 bits per heavy atom. The van der Waals surface area contributed by atoms with Gasteiger partial charge in [-0.05, 0) is 51.9 Å². The van der Waals surface area contributed by atoms with Crippen molar-refractivity contribution in [3.63, 3.8) is 0 Å². The smallest absolute Gasteiger partial charge is 0.407 e. The van der Waals surface area contributed by atoms with E-state index in [0.29, 0.717) is 6.42 Å². The molecule has 2 heterocycles. The van der Waals surface area contributed by atoms with E-state index in [4.69, 9.17) is 4.74 Å². The fourth-order valence-corrected chi connectivity index (χ4v) is 4.73. The molecule has 2 rings (SSSR count). The largest absolute Gasteiger partial charge is 0.465 e. The van der Waals surface area contributed by atoms with E-state index in [0.717, 1.165) is 67.2 Å². The van der Waals surface area contributed by atoms with E-state index in [9.17, 15) is 29.4 Å². The Labute approximate surface area is 275 Å². The van der Waals surface area contributed by atoms with Crippen molar-refractivity contribution < 1.29 is 28.9 Å². The highest BCUT2D eigenvalue weighted by Gasteiger charge is 2.55. The van der Waals surface area contributed by atoms with Gasteiger partial charge in [0.05, 0.1) is 6.54 Å². The number of alkyl halides is 1. The molecule has 258 valence electrons. The zero-order valence-electron chi connectivity index (χ0n) is 27.3. The third kappa shape index (κ3) is 14.3. The van der Waals surface area contributed by atoms with Gasteiger partial charge in [-0.2, -0.15) is 0 Å². The number of allylic oxidation sites excluding steroid dienone is 12. The highest BCUT2D eigenvalue weighted by Crippen LogP contribution is 2.40. The molecule has 1 fully saturated rings. The number of carbonyl (C=O) groups excluding carboxylic acids is 1. The Kier molecular flexibility index (Phi) is 17.8. The summed E-state index contributed by atoms with van der Waals surface area (Å²) >= 11 is 0. The number of rotatable bonds is 20. The van der Waals surface area contributed by atoms with Crippen LogP contribution in [-0.4, -0.2) is 74.2 Å². The number of nitrogens with zero attached hydrogens (tertiary/aromatic N) is 2. The predicted octanol–water partition coefficient (Wildman–Crippen LogP) is 5.10. The number of ether oxygens (including phenoxy) is 1. The monoisotopic (exact) mass is 656 g/mol. The second-order valence-corrected chi connectivity index (χ2v) is 11.2. The fraction of sp³-hybridized carbons (Fsp3) is 0.486. The lowest BCUT2D eigenvalue weighted by molar-refractivity contribution is -0.121.